The normalized spacial score (nSPS) is 24.2. The Morgan fingerprint density at radius 2 is 2.25 bits per heavy atom. The molecule has 3 heterocycles. The molecule has 130 valence electrons. The maximum absolute atomic E-state index is 4.83. The molecular weight excluding hydrogens is 318 g/mol. The lowest BCUT2D eigenvalue weighted by Crippen LogP contribution is -2.47. The van der Waals surface area contributed by atoms with Crippen molar-refractivity contribution in [3.63, 3.8) is 0 Å². The number of piperidine rings is 1. The Balaban J connectivity index is 1.45. The molecule has 1 aliphatic heterocycles. The molecule has 1 saturated heterocycles. The van der Waals surface area contributed by atoms with Gasteiger partial charge in [-0.05, 0) is 38.5 Å². The summed E-state index contributed by atoms with van der Waals surface area (Å²) in [6.07, 6.45) is 11.4. The first-order chi connectivity index (χ1) is 11.7. The largest absolute Gasteiger partial charge is 0.367 e. The molecule has 2 atom stereocenters. The Bertz CT molecular complexity index is 691. The lowest BCUT2D eigenvalue weighted by atomic mass is 9.96. The monoisotopic (exact) mass is 345 g/mol. The first-order valence-electron chi connectivity index (χ1n) is 9.21. The van der Waals surface area contributed by atoms with E-state index in [1.807, 2.05) is 29.3 Å². The lowest BCUT2D eigenvalue weighted by Gasteiger charge is -2.36. The Hall–Kier alpha value is -1.40. The molecule has 0 bridgehead atoms. The lowest BCUT2D eigenvalue weighted by molar-refractivity contribution is 0.355. The fourth-order valence-corrected chi connectivity index (χ4v) is 5.13. The molecule has 2 aromatic rings. The van der Waals surface area contributed by atoms with E-state index in [9.17, 15) is 0 Å². The molecule has 0 aromatic carbocycles. The molecule has 2 aromatic heterocycles. The van der Waals surface area contributed by atoms with Crippen LogP contribution in [0.25, 0.3) is 0 Å². The smallest absolute Gasteiger partial charge is 0.0928 e. The minimum atomic E-state index is 0.505. The van der Waals surface area contributed by atoms with Crippen LogP contribution in [0.5, 0.6) is 0 Å². The van der Waals surface area contributed by atoms with Crippen LogP contribution in [0.15, 0.2) is 12.4 Å². The third-order valence-electron chi connectivity index (χ3n) is 5.21. The highest BCUT2D eigenvalue weighted by molar-refractivity contribution is 7.11. The Morgan fingerprint density at radius 3 is 3.04 bits per heavy atom. The average Bonchev–Trinajstić information content (AvgIpc) is 3.21. The summed E-state index contributed by atoms with van der Waals surface area (Å²) in [4.78, 5) is 8.82. The number of hydrogen-bond donors (Lipinski definition) is 1. The van der Waals surface area contributed by atoms with Crippen LogP contribution < -0.4 is 10.2 Å². The van der Waals surface area contributed by atoms with Gasteiger partial charge in [0.25, 0.3) is 0 Å². The molecule has 0 saturated carbocycles. The minimum Gasteiger partial charge on any atom is -0.367 e. The summed E-state index contributed by atoms with van der Waals surface area (Å²) >= 11 is 1.93. The minimum absolute atomic E-state index is 0.505. The van der Waals surface area contributed by atoms with E-state index in [0.29, 0.717) is 12.1 Å². The van der Waals surface area contributed by atoms with Crippen LogP contribution in [-0.4, -0.2) is 33.9 Å². The molecule has 24 heavy (non-hydrogen) atoms. The van der Waals surface area contributed by atoms with Crippen molar-refractivity contribution in [2.24, 2.45) is 7.05 Å². The maximum atomic E-state index is 4.83. The van der Waals surface area contributed by atoms with Crippen LogP contribution in [0.2, 0.25) is 0 Å². The van der Waals surface area contributed by atoms with Gasteiger partial charge in [-0.2, -0.15) is 5.10 Å². The summed E-state index contributed by atoms with van der Waals surface area (Å²) < 4.78 is 1.89. The van der Waals surface area contributed by atoms with Gasteiger partial charge in [-0.25, -0.2) is 4.98 Å². The van der Waals surface area contributed by atoms with Crippen molar-refractivity contribution < 1.29 is 0 Å². The van der Waals surface area contributed by atoms with Gasteiger partial charge in [0.1, 0.15) is 0 Å². The molecule has 0 radical (unpaired) electrons. The SMILES string of the molecule is CCc1nc2c(s1)[C@@H](N[C@@H]1CCCN(c3cnn(C)c3)C1)CCC2. The van der Waals surface area contributed by atoms with Crippen molar-refractivity contribution >= 4 is 17.0 Å². The van der Waals surface area contributed by atoms with Gasteiger partial charge in [0, 0.05) is 43.3 Å². The number of fused-ring (bicyclic) bond motifs is 1. The number of anilines is 1. The molecule has 6 heteroatoms. The summed E-state index contributed by atoms with van der Waals surface area (Å²) in [5, 5.41) is 9.58. The van der Waals surface area contributed by atoms with E-state index in [4.69, 9.17) is 4.98 Å². The molecular formula is C18H27N5S. The Morgan fingerprint density at radius 1 is 1.33 bits per heavy atom. The summed E-state index contributed by atoms with van der Waals surface area (Å²) in [7, 11) is 1.99. The van der Waals surface area contributed by atoms with Gasteiger partial charge in [0.05, 0.1) is 22.6 Å². The molecule has 0 amide bonds. The second kappa shape index (κ2) is 6.84. The van der Waals surface area contributed by atoms with Crippen LogP contribution in [0.4, 0.5) is 5.69 Å². The zero-order chi connectivity index (χ0) is 16.5. The van der Waals surface area contributed by atoms with Crippen molar-refractivity contribution in [3.05, 3.63) is 28.0 Å². The van der Waals surface area contributed by atoms with Crippen molar-refractivity contribution in [1.29, 1.82) is 0 Å². The van der Waals surface area contributed by atoms with Gasteiger partial charge in [-0.3, -0.25) is 4.68 Å². The zero-order valence-electron chi connectivity index (χ0n) is 14.7. The predicted molar refractivity (Wildman–Crippen MR) is 98.7 cm³/mol. The standard InChI is InChI=1S/C18H27N5S/c1-3-17-21-16-8-4-7-15(18(16)24-17)20-13-6-5-9-23(11-13)14-10-19-22(2)12-14/h10,12-13,15,20H,3-9,11H2,1-2H3/t13-,15+/m1/s1. The topological polar surface area (TPSA) is 46.0 Å². The zero-order valence-corrected chi connectivity index (χ0v) is 15.5. The summed E-state index contributed by atoms with van der Waals surface area (Å²) in [5.74, 6) is 0. The van der Waals surface area contributed by atoms with Gasteiger partial charge >= 0.3 is 0 Å². The van der Waals surface area contributed by atoms with E-state index in [1.54, 1.807) is 0 Å². The number of aryl methyl sites for hydroxylation is 3. The molecule has 1 fully saturated rings. The van der Waals surface area contributed by atoms with Crippen LogP contribution in [-0.2, 0) is 19.9 Å². The Kier molecular flexibility index (Phi) is 4.59. The highest BCUT2D eigenvalue weighted by Gasteiger charge is 2.28. The van der Waals surface area contributed by atoms with Gasteiger partial charge in [-0.1, -0.05) is 6.92 Å². The molecule has 5 nitrogen and oxygen atoms in total. The summed E-state index contributed by atoms with van der Waals surface area (Å²) in [5.41, 5.74) is 2.61. The van der Waals surface area contributed by atoms with Crippen LogP contribution in [0, 0.1) is 0 Å². The van der Waals surface area contributed by atoms with E-state index in [1.165, 1.54) is 46.9 Å². The molecule has 1 aliphatic carbocycles. The average molecular weight is 346 g/mol. The first kappa shape index (κ1) is 16.1. The molecule has 0 unspecified atom stereocenters. The highest BCUT2D eigenvalue weighted by Crippen LogP contribution is 2.35. The van der Waals surface area contributed by atoms with Crippen molar-refractivity contribution in [2.45, 2.75) is 57.5 Å². The Labute approximate surface area is 148 Å². The van der Waals surface area contributed by atoms with E-state index in [0.717, 1.165) is 25.9 Å². The van der Waals surface area contributed by atoms with E-state index >= 15 is 0 Å². The predicted octanol–water partition coefficient (Wildman–Crippen LogP) is 3.08. The van der Waals surface area contributed by atoms with Crippen molar-refractivity contribution in [1.82, 2.24) is 20.1 Å². The number of thiazole rings is 1. The van der Waals surface area contributed by atoms with Crippen LogP contribution in [0.1, 0.15) is 54.2 Å². The van der Waals surface area contributed by atoms with Gasteiger partial charge in [0.15, 0.2) is 0 Å². The number of nitrogens with zero attached hydrogens (tertiary/aromatic N) is 4. The number of nitrogens with one attached hydrogen (secondary N) is 1. The van der Waals surface area contributed by atoms with Crippen molar-refractivity contribution in [2.75, 3.05) is 18.0 Å². The second-order valence-electron chi connectivity index (χ2n) is 7.04. The van der Waals surface area contributed by atoms with E-state index in [2.05, 4.69) is 28.4 Å². The first-order valence-corrected chi connectivity index (χ1v) is 10.0. The van der Waals surface area contributed by atoms with E-state index in [-0.39, 0.29) is 0 Å². The van der Waals surface area contributed by atoms with Gasteiger partial charge < -0.3 is 10.2 Å². The third kappa shape index (κ3) is 3.22. The number of rotatable bonds is 4. The van der Waals surface area contributed by atoms with Crippen LogP contribution >= 0.6 is 11.3 Å². The number of aromatic nitrogens is 3. The molecule has 2 aliphatic rings. The summed E-state index contributed by atoms with van der Waals surface area (Å²) in [6.45, 7) is 4.43. The van der Waals surface area contributed by atoms with Crippen LogP contribution in [0.3, 0.4) is 0 Å². The molecule has 4 rings (SSSR count). The van der Waals surface area contributed by atoms with E-state index < -0.39 is 0 Å². The fraction of sp³-hybridized carbons (Fsp3) is 0.667. The summed E-state index contributed by atoms with van der Waals surface area (Å²) in [6, 6.07) is 1.06. The maximum Gasteiger partial charge on any atom is 0.0928 e. The fourth-order valence-electron chi connectivity index (χ4n) is 3.98. The van der Waals surface area contributed by atoms with Crippen molar-refractivity contribution in [3.8, 4) is 0 Å². The quantitative estimate of drug-likeness (QED) is 0.925. The number of hydrogen-bond acceptors (Lipinski definition) is 5. The highest BCUT2D eigenvalue weighted by atomic mass is 32.1. The molecule has 1 N–H and O–H groups in total. The third-order valence-corrected chi connectivity index (χ3v) is 6.57. The second-order valence-corrected chi connectivity index (χ2v) is 8.16. The van der Waals surface area contributed by atoms with Gasteiger partial charge in [-0.15, -0.1) is 11.3 Å². The molecule has 0 spiro atoms. The van der Waals surface area contributed by atoms with Gasteiger partial charge in [0.2, 0.25) is 0 Å².